The van der Waals surface area contributed by atoms with Gasteiger partial charge in [0.25, 0.3) is 5.56 Å². The number of nitrogens with zero attached hydrogens (tertiary/aromatic N) is 1. The Balaban J connectivity index is 1.96. The molecule has 0 bridgehead atoms. The number of halogens is 4. The maximum atomic E-state index is 12.7. The molecule has 0 saturated heterocycles. The van der Waals surface area contributed by atoms with Crippen molar-refractivity contribution in [3.63, 3.8) is 0 Å². The lowest BCUT2D eigenvalue weighted by molar-refractivity contribution is -0.137. The third-order valence-corrected chi connectivity index (χ3v) is 5.84. The van der Waals surface area contributed by atoms with E-state index in [0.717, 1.165) is 12.1 Å². The van der Waals surface area contributed by atoms with E-state index in [1.165, 1.54) is 60.7 Å². The van der Waals surface area contributed by atoms with Gasteiger partial charge in [0.1, 0.15) is 4.90 Å². The summed E-state index contributed by atoms with van der Waals surface area (Å²) in [6.07, 6.45) is -1.62. The third-order valence-electron chi connectivity index (χ3n) is 4.12. The topological polar surface area (TPSA) is 65.4 Å². The standard InChI is InChI=1S/C21H15BrF3NO4S/c1-14-12-18(9-4-15-2-5-16(6-3-15)21(23,24)25)26(20(27)13-14)30-31(28,29)19-10-7-17(22)8-11-19/h2-13H,1H3. The Kier molecular flexibility index (Phi) is 6.42. The zero-order valence-corrected chi connectivity index (χ0v) is 18.3. The van der Waals surface area contributed by atoms with Crippen LogP contribution in [0, 0.1) is 6.92 Å². The van der Waals surface area contributed by atoms with Gasteiger partial charge in [-0.2, -0.15) is 21.6 Å². The normalized spacial score (nSPS) is 12.3. The largest absolute Gasteiger partial charge is 0.416 e. The van der Waals surface area contributed by atoms with Crippen LogP contribution in [0.2, 0.25) is 0 Å². The predicted molar refractivity (Wildman–Crippen MR) is 114 cm³/mol. The Labute approximate surface area is 184 Å². The number of hydrogen-bond acceptors (Lipinski definition) is 4. The fourth-order valence-electron chi connectivity index (χ4n) is 2.62. The van der Waals surface area contributed by atoms with E-state index in [9.17, 15) is 26.4 Å². The zero-order chi connectivity index (χ0) is 22.8. The van der Waals surface area contributed by atoms with Crippen LogP contribution in [-0.4, -0.2) is 13.1 Å². The molecule has 0 fully saturated rings. The molecular weight excluding hydrogens is 499 g/mol. The lowest BCUT2D eigenvalue weighted by atomic mass is 10.1. The molecule has 0 atom stereocenters. The molecule has 0 aliphatic heterocycles. The number of hydrogen-bond donors (Lipinski definition) is 0. The highest BCUT2D eigenvalue weighted by Crippen LogP contribution is 2.29. The quantitative estimate of drug-likeness (QED) is 0.485. The molecule has 3 rings (SSSR count). The van der Waals surface area contributed by atoms with E-state index in [0.29, 0.717) is 20.3 Å². The molecule has 0 radical (unpaired) electrons. The van der Waals surface area contributed by atoms with Crippen LogP contribution >= 0.6 is 15.9 Å². The molecule has 31 heavy (non-hydrogen) atoms. The smallest absolute Gasteiger partial charge is 0.280 e. The summed E-state index contributed by atoms with van der Waals surface area (Å²) in [5, 5.41) is 0. The Morgan fingerprint density at radius 3 is 2.16 bits per heavy atom. The van der Waals surface area contributed by atoms with Gasteiger partial charge in [-0.1, -0.05) is 34.1 Å². The summed E-state index contributed by atoms with van der Waals surface area (Å²) in [5.41, 5.74) is -0.429. The fourth-order valence-corrected chi connectivity index (χ4v) is 3.79. The average Bonchev–Trinajstić information content (AvgIpc) is 2.68. The van der Waals surface area contributed by atoms with E-state index in [1.54, 1.807) is 6.92 Å². The second-order valence-electron chi connectivity index (χ2n) is 6.53. The number of rotatable bonds is 5. The van der Waals surface area contributed by atoms with Crippen molar-refractivity contribution in [2.75, 3.05) is 0 Å². The summed E-state index contributed by atoms with van der Waals surface area (Å²) < 4.78 is 69.6. The summed E-state index contributed by atoms with van der Waals surface area (Å²) in [7, 11) is -4.31. The monoisotopic (exact) mass is 513 g/mol. The van der Waals surface area contributed by atoms with Crippen LogP contribution < -0.4 is 9.84 Å². The van der Waals surface area contributed by atoms with E-state index >= 15 is 0 Å². The van der Waals surface area contributed by atoms with Crippen molar-refractivity contribution in [2.45, 2.75) is 18.0 Å². The fraction of sp³-hybridized carbons (Fsp3) is 0.0952. The molecule has 0 N–H and O–H groups in total. The van der Waals surface area contributed by atoms with E-state index < -0.39 is 27.4 Å². The molecule has 0 aliphatic rings. The second-order valence-corrected chi connectivity index (χ2v) is 8.97. The van der Waals surface area contributed by atoms with Gasteiger partial charge in [0.15, 0.2) is 0 Å². The Morgan fingerprint density at radius 2 is 1.58 bits per heavy atom. The highest BCUT2D eigenvalue weighted by atomic mass is 79.9. The molecule has 5 nitrogen and oxygen atoms in total. The van der Waals surface area contributed by atoms with Crippen LogP contribution in [-0.2, 0) is 16.3 Å². The highest BCUT2D eigenvalue weighted by molar-refractivity contribution is 9.10. The molecule has 1 aromatic heterocycles. The number of alkyl halides is 3. The molecule has 0 spiro atoms. The van der Waals surface area contributed by atoms with Crippen molar-refractivity contribution < 1.29 is 25.9 Å². The van der Waals surface area contributed by atoms with Crippen LogP contribution in [0.5, 0.6) is 0 Å². The van der Waals surface area contributed by atoms with E-state index in [2.05, 4.69) is 15.9 Å². The van der Waals surface area contributed by atoms with E-state index in [4.69, 9.17) is 4.28 Å². The first-order valence-corrected chi connectivity index (χ1v) is 11.0. The minimum Gasteiger partial charge on any atom is -0.280 e. The van der Waals surface area contributed by atoms with Crippen molar-refractivity contribution >= 4 is 38.2 Å². The second kappa shape index (κ2) is 8.72. The molecule has 0 saturated carbocycles. The number of pyridine rings is 1. The van der Waals surface area contributed by atoms with Crippen molar-refractivity contribution in [3.8, 4) is 0 Å². The van der Waals surface area contributed by atoms with Gasteiger partial charge >= 0.3 is 16.3 Å². The SMILES string of the molecule is Cc1cc(C=Cc2ccc(C(F)(F)F)cc2)n(OS(=O)(=O)c2ccc(Br)cc2)c(=O)c1. The molecular formula is C21H15BrF3NO4S. The lowest BCUT2D eigenvalue weighted by Gasteiger charge is -2.12. The minimum atomic E-state index is -4.45. The first-order chi connectivity index (χ1) is 14.5. The van der Waals surface area contributed by atoms with Crippen molar-refractivity contribution in [3.05, 3.63) is 97.9 Å². The first kappa shape index (κ1) is 22.8. The summed E-state index contributed by atoms with van der Waals surface area (Å²) in [6, 6.07) is 12.8. The van der Waals surface area contributed by atoms with Crippen LogP contribution in [0.4, 0.5) is 13.2 Å². The summed E-state index contributed by atoms with van der Waals surface area (Å²) >= 11 is 3.21. The zero-order valence-electron chi connectivity index (χ0n) is 15.9. The van der Waals surface area contributed by atoms with Gasteiger partial charge in [0, 0.05) is 10.5 Å². The van der Waals surface area contributed by atoms with Gasteiger partial charge in [0.05, 0.1) is 11.3 Å². The first-order valence-electron chi connectivity index (χ1n) is 8.75. The molecule has 3 aromatic rings. The van der Waals surface area contributed by atoms with Gasteiger partial charge in [-0.3, -0.25) is 9.08 Å². The summed E-state index contributed by atoms with van der Waals surface area (Å²) in [5.74, 6) is 0. The van der Waals surface area contributed by atoms with Gasteiger partial charge in [0.2, 0.25) is 0 Å². The third kappa shape index (κ3) is 5.65. The van der Waals surface area contributed by atoms with Crippen LogP contribution in [0.15, 0.2) is 74.8 Å². The van der Waals surface area contributed by atoms with Gasteiger partial charge in [-0.15, -0.1) is 4.73 Å². The van der Waals surface area contributed by atoms with Gasteiger partial charge < -0.3 is 0 Å². The molecule has 1 heterocycles. The average molecular weight is 514 g/mol. The minimum absolute atomic E-state index is 0.102. The van der Waals surface area contributed by atoms with Crippen molar-refractivity contribution in [1.29, 1.82) is 0 Å². The lowest BCUT2D eigenvalue weighted by Crippen LogP contribution is -2.32. The summed E-state index contributed by atoms with van der Waals surface area (Å²) in [4.78, 5) is 12.2. The van der Waals surface area contributed by atoms with Crippen LogP contribution in [0.25, 0.3) is 12.2 Å². The highest BCUT2D eigenvalue weighted by Gasteiger charge is 2.29. The van der Waals surface area contributed by atoms with Gasteiger partial charge in [-0.25, -0.2) is 0 Å². The molecule has 162 valence electrons. The predicted octanol–water partition coefficient (Wildman–Crippen LogP) is 4.93. The van der Waals surface area contributed by atoms with E-state index in [-0.39, 0.29) is 10.6 Å². The number of benzene rings is 2. The number of aromatic nitrogens is 1. The van der Waals surface area contributed by atoms with Crippen molar-refractivity contribution in [2.24, 2.45) is 0 Å². The molecule has 2 aromatic carbocycles. The molecule has 0 aliphatic carbocycles. The molecule has 10 heteroatoms. The Bertz CT molecular complexity index is 1280. The molecule has 0 amide bonds. The molecule has 0 unspecified atom stereocenters. The maximum absolute atomic E-state index is 12.7. The van der Waals surface area contributed by atoms with Crippen molar-refractivity contribution in [1.82, 2.24) is 4.73 Å². The number of aryl methyl sites for hydroxylation is 1. The summed E-state index contributed by atoms with van der Waals surface area (Å²) in [6.45, 7) is 1.64. The van der Waals surface area contributed by atoms with Crippen LogP contribution in [0.3, 0.4) is 0 Å². The van der Waals surface area contributed by atoms with Gasteiger partial charge in [-0.05, 0) is 66.6 Å². The Morgan fingerprint density at radius 1 is 0.968 bits per heavy atom. The van der Waals surface area contributed by atoms with E-state index in [1.807, 2.05) is 0 Å². The van der Waals surface area contributed by atoms with Crippen LogP contribution in [0.1, 0.15) is 22.4 Å². The maximum Gasteiger partial charge on any atom is 0.416 e. The Hall–Kier alpha value is -2.85.